The van der Waals surface area contributed by atoms with Gasteiger partial charge in [0, 0.05) is 16.8 Å². The van der Waals surface area contributed by atoms with Crippen molar-refractivity contribution in [1.82, 2.24) is 5.32 Å². The van der Waals surface area contributed by atoms with E-state index in [4.69, 9.17) is 16.3 Å². The van der Waals surface area contributed by atoms with Gasteiger partial charge in [-0.1, -0.05) is 0 Å². The lowest BCUT2D eigenvalue weighted by atomic mass is 10.0. The highest BCUT2D eigenvalue weighted by Crippen LogP contribution is 2.39. The molecule has 1 aliphatic heterocycles. The summed E-state index contributed by atoms with van der Waals surface area (Å²) in [6.45, 7) is 0.0612. The highest BCUT2D eigenvalue weighted by Gasteiger charge is 2.50. The minimum absolute atomic E-state index is 0.0335. The van der Waals surface area contributed by atoms with Crippen molar-refractivity contribution in [3.05, 3.63) is 58.9 Å². The summed E-state index contributed by atoms with van der Waals surface area (Å²) in [7, 11) is 0. The summed E-state index contributed by atoms with van der Waals surface area (Å²) in [6, 6.07) is 7.15. The minimum atomic E-state index is -4.78. The van der Waals surface area contributed by atoms with Gasteiger partial charge in [-0.15, -0.1) is 0 Å². The van der Waals surface area contributed by atoms with Gasteiger partial charge in [0.25, 0.3) is 11.8 Å². The topological polar surface area (TPSA) is 76.4 Å². The third-order valence-electron chi connectivity index (χ3n) is 4.92. The molecule has 2 amide bonds. The molecular weight excluding hydrogens is 448 g/mol. The van der Waals surface area contributed by atoms with Gasteiger partial charge in [-0.2, -0.15) is 18.4 Å². The van der Waals surface area contributed by atoms with Crippen LogP contribution in [0.15, 0.2) is 36.4 Å². The van der Waals surface area contributed by atoms with Gasteiger partial charge in [-0.05, 0) is 62.5 Å². The first-order chi connectivity index (χ1) is 16.0. The first kappa shape index (κ1) is 19.2. The average Bonchev–Trinajstić information content (AvgIpc) is 2.89. The monoisotopic (exact) mass is 467 g/mol. The van der Waals surface area contributed by atoms with E-state index in [0.29, 0.717) is 6.07 Å². The van der Waals surface area contributed by atoms with Crippen LogP contribution < -0.4 is 15.1 Å². The maximum Gasteiger partial charge on any atom is 0.417 e. The van der Waals surface area contributed by atoms with Crippen molar-refractivity contribution in [2.75, 3.05) is 16.8 Å². The number of hydrogen-bond acceptors (Lipinski definition) is 4. The lowest BCUT2D eigenvalue weighted by Crippen LogP contribution is -2.44. The van der Waals surface area contributed by atoms with Crippen LogP contribution in [-0.2, 0) is 11.0 Å². The zero-order valence-electron chi connectivity index (χ0n) is 19.5. The maximum atomic E-state index is 14.7. The molecule has 166 valence electrons. The fraction of sp³-hybridized carbons (Fsp3) is 0.238. The Morgan fingerprint density at radius 2 is 1.88 bits per heavy atom. The third-order valence-corrected chi connectivity index (χ3v) is 5.29. The molecule has 1 heterocycles. The maximum absolute atomic E-state index is 14.7. The Balaban J connectivity index is 2.02. The lowest BCUT2D eigenvalue weighted by Gasteiger charge is -2.29. The molecule has 32 heavy (non-hydrogen) atoms. The second-order valence-corrected chi connectivity index (χ2v) is 7.64. The number of halogens is 4. The molecule has 0 spiro atoms. The zero-order chi connectivity index (χ0) is 26.5. The largest absolute Gasteiger partial charge is 0.417 e. The van der Waals surface area contributed by atoms with Crippen LogP contribution in [0.25, 0.3) is 0 Å². The number of anilines is 2. The average molecular weight is 467 g/mol. The standard InChI is InChI=1S/C21H16F4N4O2S/c1-20(2)18(31)28(12-5-7-15(21(23,24)25)11(8-12)10-26)19(32)29(20)13-4-6-14(16(22)9-13)17(30)27-3/h4-9H,1-3H3,(H,27,30)/i3D3. The molecule has 3 rings (SSSR count). The zero-order valence-corrected chi connectivity index (χ0v) is 17.4. The summed E-state index contributed by atoms with van der Waals surface area (Å²) in [6.07, 6.45) is -4.78. The summed E-state index contributed by atoms with van der Waals surface area (Å²) in [5.41, 5.74) is -3.93. The first-order valence-electron chi connectivity index (χ1n) is 10.4. The van der Waals surface area contributed by atoms with Crippen LogP contribution >= 0.6 is 12.2 Å². The predicted octanol–water partition coefficient (Wildman–Crippen LogP) is 3.99. The Morgan fingerprint density at radius 3 is 2.44 bits per heavy atom. The van der Waals surface area contributed by atoms with E-state index in [2.05, 4.69) is 0 Å². The molecule has 2 aromatic rings. The first-order valence-corrected chi connectivity index (χ1v) is 9.32. The van der Waals surface area contributed by atoms with Gasteiger partial charge >= 0.3 is 6.18 Å². The molecule has 0 radical (unpaired) electrons. The Kier molecular flexibility index (Phi) is 4.72. The fourth-order valence-electron chi connectivity index (χ4n) is 3.36. The Bertz CT molecular complexity index is 1290. The number of nitrogens with zero attached hydrogens (tertiary/aromatic N) is 3. The van der Waals surface area contributed by atoms with Crippen LogP contribution in [0.5, 0.6) is 0 Å². The van der Waals surface area contributed by atoms with E-state index >= 15 is 0 Å². The minimum Gasteiger partial charge on any atom is -0.355 e. The molecule has 1 saturated heterocycles. The van der Waals surface area contributed by atoms with Crippen molar-refractivity contribution in [2.24, 2.45) is 0 Å². The second-order valence-electron chi connectivity index (χ2n) is 7.28. The van der Waals surface area contributed by atoms with Gasteiger partial charge in [0.05, 0.1) is 28.4 Å². The van der Waals surface area contributed by atoms with Crippen molar-refractivity contribution in [3.8, 4) is 6.07 Å². The Morgan fingerprint density at radius 1 is 1.22 bits per heavy atom. The van der Waals surface area contributed by atoms with Crippen LogP contribution in [0.2, 0.25) is 0 Å². The van der Waals surface area contributed by atoms with Gasteiger partial charge in [0.2, 0.25) is 0 Å². The molecule has 0 aromatic heterocycles. The van der Waals surface area contributed by atoms with Crippen molar-refractivity contribution < 1.29 is 31.3 Å². The molecule has 1 aliphatic rings. The third kappa shape index (κ3) is 3.67. The van der Waals surface area contributed by atoms with E-state index < -0.39 is 53.0 Å². The van der Waals surface area contributed by atoms with E-state index in [1.165, 1.54) is 30.9 Å². The van der Waals surface area contributed by atoms with Crippen molar-refractivity contribution in [3.63, 3.8) is 0 Å². The summed E-state index contributed by atoms with van der Waals surface area (Å²) >= 11 is 5.39. The lowest BCUT2D eigenvalue weighted by molar-refractivity contribution is -0.137. The molecule has 6 nitrogen and oxygen atoms in total. The quantitative estimate of drug-likeness (QED) is 0.546. The van der Waals surface area contributed by atoms with E-state index in [0.717, 1.165) is 29.2 Å². The van der Waals surface area contributed by atoms with E-state index in [1.807, 2.05) is 0 Å². The fourth-order valence-corrected chi connectivity index (χ4v) is 3.88. The number of amides is 2. The van der Waals surface area contributed by atoms with Gasteiger partial charge in [-0.3, -0.25) is 14.5 Å². The van der Waals surface area contributed by atoms with E-state index in [1.54, 1.807) is 5.32 Å². The Hall–Kier alpha value is -3.52. The molecule has 0 bridgehead atoms. The van der Waals surface area contributed by atoms with Crippen LogP contribution in [0, 0.1) is 17.1 Å². The highest BCUT2D eigenvalue weighted by molar-refractivity contribution is 7.81. The van der Waals surface area contributed by atoms with Gasteiger partial charge < -0.3 is 10.2 Å². The summed E-state index contributed by atoms with van der Waals surface area (Å²) in [4.78, 5) is 27.4. The number of hydrogen-bond donors (Lipinski definition) is 1. The van der Waals surface area contributed by atoms with Crippen molar-refractivity contribution in [2.45, 2.75) is 25.6 Å². The molecule has 1 fully saturated rings. The van der Waals surface area contributed by atoms with Gasteiger partial charge in [-0.25, -0.2) is 4.39 Å². The van der Waals surface area contributed by atoms with E-state index in [9.17, 15) is 32.4 Å². The molecule has 0 aliphatic carbocycles. The molecule has 0 unspecified atom stereocenters. The summed E-state index contributed by atoms with van der Waals surface area (Å²) in [5.74, 6) is -2.92. The second kappa shape index (κ2) is 7.87. The molecular formula is C21H16F4N4O2S. The number of nitriles is 1. The highest BCUT2D eigenvalue weighted by atomic mass is 32.1. The molecule has 11 heteroatoms. The van der Waals surface area contributed by atoms with Crippen molar-refractivity contribution >= 4 is 40.5 Å². The summed E-state index contributed by atoms with van der Waals surface area (Å²) < 4.78 is 75.4. The normalized spacial score (nSPS) is 17.5. The molecule has 0 saturated carbocycles. The molecule has 1 N–H and O–H groups in total. The summed E-state index contributed by atoms with van der Waals surface area (Å²) in [5, 5.41) is 10.6. The number of nitrogens with one attached hydrogen (secondary N) is 1. The van der Waals surface area contributed by atoms with Crippen LogP contribution in [0.1, 0.15) is 39.4 Å². The SMILES string of the molecule is [2H]C([2H])([2H])NC(=O)c1ccc(N2C(=S)N(c3ccc(C(F)(F)F)c(C#N)c3)C(=O)C2(C)C)cc1F. The predicted molar refractivity (Wildman–Crippen MR) is 113 cm³/mol. The molecule has 0 atom stereocenters. The number of thiocarbonyl (C=S) groups is 1. The van der Waals surface area contributed by atoms with Crippen LogP contribution in [0.4, 0.5) is 28.9 Å². The van der Waals surface area contributed by atoms with E-state index in [-0.39, 0.29) is 16.5 Å². The van der Waals surface area contributed by atoms with Crippen molar-refractivity contribution in [1.29, 1.82) is 5.26 Å². The number of alkyl halides is 3. The number of carbonyl (C=O) groups excluding carboxylic acids is 2. The van der Waals surface area contributed by atoms with Crippen LogP contribution in [-0.4, -0.2) is 29.4 Å². The number of benzene rings is 2. The van der Waals surface area contributed by atoms with Crippen LogP contribution in [0.3, 0.4) is 0 Å². The smallest absolute Gasteiger partial charge is 0.355 e. The number of carbonyl (C=O) groups is 2. The number of rotatable bonds is 3. The van der Waals surface area contributed by atoms with Gasteiger partial charge in [0.15, 0.2) is 5.11 Å². The molecule has 2 aromatic carbocycles. The Labute approximate surface area is 190 Å². The van der Waals surface area contributed by atoms with Gasteiger partial charge in [0.1, 0.15) is 11.4 Å².